The van der Waals surface area contributed by atoms with Crippen molar-refractivity contribution in [2.45, 2.75) is 31.2 Å². The lowest BCUT2D eigenvalue weighted by Crippen LogP contribution is -2.34. The lowest BCUT2D eigenvalue weighted by molar-refractivity contribution is -0.122. The van der Waals surface area contributed by atoms with Crippen molar-refractivity contribution >= 4 is 38.0 Å². The van der Waals surface area contributed by atoms with Crippen molar-refractivity contribution in [3.8, 4) is 0 Å². The summed E-state index contributed by atoms with van der Waals surface area (Å²) in [6.07, 6.45) is 0.0847. The summed E-state index contributed by atoms with van der Waals surface area (Å²) in [5.74, 6) is 0.0743. The highest BCUT2D eigenvalue weighted by molar-refractivity contribution is 7.89. The Balaban J connectivity index is 1.59. The molecule has 3 aromatic rings. The van der Waals surface area contributed by atoms with Gasteiger partial charge in [-0.3, -0.25) is 4.79 Å². The molecule has 0 fully saturated rings. The monoisotopic (exact) mass is 416 g/mol. The van der Waals surface area contributed by atoms with Gasteiger partial charge in [-0.15, -0.1) is 11.3 Å². The zero-order valence-electron chi connectivity index (χ0n) is 15.9. The van der Waals surface area contributed by atoms with Crippen LogP contribution in [-0.4, -0.2) is 20.9 Å². The topological polar surface area (TPSA) is 75.3 Å². The standard InChI is InChI=1S/C21H24N2O3S2/c1-15(2)21(19-8-5-13-27-19)23-20(24)11-12-22-28(25,26)18-10-9-16-6-3-4-7-17(16)14-18/h3-10,13-15,21-22H,11-12H2,1-2H3,(H,23,24)/t21-/m1/s1. The molecule has 0 aliphatic rings. The number of rotatable bonds is 8. The summed E-state index contributed by atoms with van der Waals surface area (Å²) in [5, 5.41) is 6.83. The fourth-order valence-electron chi connectivity index (χ4n) is 3.00. The molecule has 0 saturated carbocycles. The number of hydrogen-bond donors (Lipinski definition) is 2. The molecule has 7 heteroatoms. The third-order valence-corrected chi connectivity index (χ3v) is 6.92. The van der Waals surface area contributed by atoms with E-state index in [1.165, 1.54) is 0 Å². The van der Waals surface area contributed by atoms with Crippen LogP contribution in [0.2, 0.25) is 0 Å². The second-order valence-corrected chi connectivity index (χ2v) is 9.71. The maximum Gasteiger partial charge on any atom is 0.240 e. The zero-order valence-corrected chi connectivity index (χ0v) is 17.5. The first-order valence-electron chi connectivity index (χ1n) is 9.18. The first-order chi connectivity index (χ1) is 13.4. The molecule has 0 unspecified atom stereocenters. The molecular weight excluding hydrogens is 392 g/mol. The molecule has 1 aromatic heterocycles. The fourth-order valence-corrected chi connectivity index (χ4v) is 5.01. The van der Waals surface area contributed by atoms with E-state index in [1.54, 1.807) is 29.5 Å². The first kappa shape index (κ1) is 20.5. The molecule has 2 aromatic carbocycles. The normalized spacial score (nSPS) is 13.0. The Kier molecular flexibility index (Phi) is 6.49. The van der Waals surface area contributed by atoms with Gasteiger partial charge in [-0.05, 0) is 40.3 Å². The predicted molar refractivity (Wildman–Crippen MR) is 114 cm³/mol. The predicted octanol–water partition coefficient (Wildman–Crippen LogP) is 4.08. The highest BCUT2D eigenvalue weighted by Crippen LogP contribution is 2.25. The summed E-state index contributed by atoms with van der Waals surface area (Å²) in [6.45, 7) is 4.15. The van der Waals surface area contributed by atoms with Crippen LogP contribution in [0, 0.1) is 5.92 Å². The molecule has 5 nitrogen and oxygen atoms in total. The van der Waals surface area contributed by atoms with Gasteiger partial charge < -0.3 is 5.32 Å². The number of thiophene rings is 1. The Bertz CT molecular complexity index is 1040. The minimum Gasteiger partial charge on any atom is -0.348 e. The molecule has 148 valence electrons. The second-order valence-electron chi connectivity index (χ2n) is 6.96. The Morgan fingerprint density at radius 2 is 1.79 bits per heavy atom. The van der Waals surface area contributed by atoms with Crippen LogP contribution in [0.4, 0.5) is 0 Å². The van der Waals surface area contributed by atoms with Gasteiger partial charge in [0.2, 0.25) is 15.9 Å². The maximum absolute atomic E-state index is 12.5. The van der Waals surface area contributed by atoms with Crippen LogP contribution in [0.1, 0.15) is 31.2 Å². The molecule has 1 atom stereocenters. The molecule has 0 aliphatic carbocycles. The van der Waals surface area contributed by atoms with Crippen LogP contribution >= 0.6 is 11.3 Å². The van der Waals surface area contributed by atoms with Crippen LogP contribution < -0.4 is 10.0 Å². The van der Waals surface area contributed by atoms with Gasteiger partial charge in [0.15, 0.2) is 0 Å². The quantitative estimate of drug-likeness (QED) is 0.581. The Labute approximate surface area is 169 Å². The average Bonchev–Trinajstić information content (AvgIpc) is 3.19. The first-order valence-corrected chi connectivity index (χ1v) is 11.5. The summed E-state index contributed by atoms with van der Waals surface area (Å²) in [6, 6.07) is 16.5. The molecule has 0 saturated heterocycles. The van der Waals surface area contributed by atoms with Crippen molar-refractivity contribution in [3.63, 3.8) is 0 Å². The largest absolute Gasteiger partial charge is 0.348 e. The fraction of sp³-hybridized carbons (Fsp3) is 0.286. The minimum absolute atomic E-state index is 0.0518. The highest BCUT2D eigenvalue weighted by atomic mass is 32.2. The number of hydrogen-bond acceptors (Lipinski definition) is 4. The van der Waals surface area contributed by atoms with Gasteiger partial charge in [-0.25, -0.2) is 13.1 Å². The van der Waals surface area contributed by atoms with Gasteiger partial charge in [0, 0.05) is 17.8 Å². The van der Waals surface area contributed by atoms with E-state index in [4.69, 9.17) is 0 Å². The molecule has 3 rings (SSSR count). The number of nitrogens with one attached hydrogen (secondary N) is 2. The molecule has 28 heavy (non-hydrogen) atoms. The molecular formula is C21H24N2O3S2. The van der Waals surface area contributed by atoms with Gasteiger partial charge in [-0.2, -0.15) is 0 Å². The van der Waals surface area contributed by atoms with Crippen LogP contribution in [0.25, 0.3) is 10.8 Å². The number of amides is 1. The molecule has 0 radical (unpaired) electrons. The van der Waals surface area contributed by atoms with Gasteiger partial charge in [0.1, 0.15) is 0 Å². The lowest BCUT2D eigenvalue weighted by atomic mass is 10.0. The van der Waals surface area contributed by atoms with E-state index in [0.29, 0.717) is 0 Å². The highest BCUT2D eigenvalue weighted by Gasteiger charge is 2.20. The van der Waals surface area contributed by atoms with Gasteiger partial charge in [0.05, 0.1) is 10.9 Å². The van der Waals surface area contributed by atoms with Crippen LogP contribution in [0.15, 0.2) is 64.9 Å². The summed E-state index contributed by atoms with van der Waals surface area (Å²) < 4.78 is 27.6. The molecule has 1 amide bonds. The van der Waals surface area contributed by atoms with Crippen LogP contribution in [-0.2, 0) is 14.8 Å². The van der Waals surface area contributed by atoms with Crippen LogP contribution in [0.3, 0.4) is 0 Å². The van der Waals surface area contributed by atoms with E-state index < -0.39 is 10.0 Å². The zero-order chi connectivity index (χ0) is 20.1. The summed E-state index contributed by atoms with van der Waals surface area (Å²) in [5.41, 5.74) is 0. The smallest absolute Gasteiger partial charge is 0.240 e. The van der Waals surface area contributed by atoms with Crippen molar-refractivity contribution in [2.75, 3.05) is 6.54 Å². The number of fused-ring (bicyclic) bond motifs is 1. The second kappa shape index (κ2) is 8.86. The Hall–Kier alpha value is -2.22. The Morgan fingerprint density at radius 3 is 2.46 bits per heavy atom. The van der Waals surface area contributed by atoms with Gasteiger partial charge >= 0.3 is 0 Å². The molecule has 2 N–H and O–H groups in total. The van der Waals surface area contributed by atoms with Crippen molar-refractivity contribution in [3.05, 3.63) is 64.9 Å². The van der Waals surface area contributed by atoms with E-state index in [2.05, 4.69) is 10.0 Å². The molecule has 0 spiro atoms. The average molecular weight is 417 g/mol. The third kappa shape index (κ3) is 4.98. The number of benzene rings is 2. The molecule has 0 aliphatic heterocycles. The summed E-state index contributed by atoms with van der Waals surface area (Å²) in [4.78, 5) is 13.6. The van der Waals surface area contributed by atoms with Crippen molar-refractivity contribution in [1.82, 2.24) is 10.0 Å². The number of sulfonamides is 1. The van der Waals surface area contributed by atoms with Crippen molar-refractivity contribution in [2.24, 2.45) is 5.92 Å². The minimum atomic E-state index is -3.66. The summed E-state index contributed by atoms with van der Waals surface area (Å²) >= 11 is 1.60. The third-order valence-electron chi connectivity index (χ3n) is 4.51. The van der Waals surface area contributed by atoms with E-state index in [9.17, 15) is 13.2 Å². The Morgan fingerprint density at radius 1 is 1.04 bits per heavy atom. The van der Waals surface area contributed by atoms with E-state index in [0.717, 1.165) is 15.6 Å². The van der Waals surface area contributed by atoms with E-state index in [1.807, 2.05) is 55.6 Å². The van der Waals surface area contributed by atoms with Crippen LogP contribution in [0.5, 0.6) is 0 Å². The van der Waals surface area contributed by atoms with Crippen molar-refractivity contribution in [1.29, 1.82) is 0 Å². The number of carbonyl (C=O) groups is 1. The van der Waals surface area contributed by atoms with Crippen molar-refractivity contribution < 1.29 is 13.2 Å². The lowest BCUT2D eigenvalue weighted by Gasteiger charge is -2.21. The van der Waals surface area contributed by atoms with Gasteiger partial charge in [-0.1, -0.05) is 50.2 Å². The molecule has 1 heterocycles. The molecule has 0 bridgehead atoms. The van der Waals surface area contributed by atoms with E-state index >= 15 is 0 Å². The van der Waals surface area contributed by atoms with Gasteiger partial charge in [0.25, 0.3) is 0 Å². The number of carbonyl (C=O) groups excluding carboxylic acids is 1. The summed E-state index contributed by atoms with van der Waals surface area (Å²) in [7, 11) is -3.66. The van der Waals surface area contributed by atoms with E-state index in [-0.39, 0.29) is 35.7 Å². The maximum atomic E-state index is 12.5. The SMILES string of the molecule is CC(C)[C@@H](NC(=O)CCNS(=O)(=O)c1ccc2ccccc2c1)c1cccs1.